The number of aromatic nitrogens is 2. The third kappa shape index (κ3) is 2.40. The molecule has 0 atom stereocenters. The maximum atomic E-state index is 5.06. The summed E-state index contributed by atoms with van der Waals surface area (Å²) >= 11 is 0. The minimum absolute atomic E-state index is 0.628. The lowest BCUT2D eigenvalue weighted by Crippen LogP contribution is -2.26. The number of nitrogens with one attached hydrogen (secondary N) is 1. The average Bonchev–Trinajstić information content (AvgIpc) is 2.96. The van der Waals surface area contributed by atoms with Gasteiger partial charge in [-0.3, -0.25) is 4.68 Å². The van der Waals surface area contributed by atoms with E-state index in [1.54, 1.807) is 0 Å². The predicted octanol–water partition coefficient (Wildman–Crippen LogP) is 3.70. The first kappa shape index (κ1) is 13.1. The fourth-order valence-corrected chi connectivity index (χ4v) is 3.83. The van der Waals surface area contributed by atoms with Crippen molar-refractivity contribution in [3.8, 4) is 11.3 Å². The molecule has 0 saturated heterocycles. The van der Waals surface area contributed by atoms with Crippen LogP contribution in [-0.2, 0) is 13.0 Å². The molecular formula is C18H23N3. The van der Waals surface area contributed by atoms with Crippen molar-refractivity contribution in [1.29, 1.82) is 0 Å². The highest BCUT2D eigenvalue weighted by atomic mass is 15.3. The van der Waals surface area contributed by atoms with Crippen LogP contribution in [0, 0.1) is 0 Å². The molecule has 1 aromatic carbocycles. The van der Waals surface area contributed by atoms with Crippen LogP contribution in [0.15, 0.2) is 30.3 Å². The molecule has 2 heterocycles. The van der Waals surface area contributed by atoms with Crippen LogP contribution in [0.5, 0.6) is 0 Å². The molecule has 1 aliphatic carbocycles. The first-order valence-electron chi connectivity index (χ1n) is 8.30. The first-order chi connectivity index (χ1) is 10.4. The summed E-state index contributed by atoms with van der Waals surface area (Å²) in [6.07, 6.45) is 7.83. The van der Waals surface area contributed by atoms with Crippen LogP contribution in [0.4, 0.5) is 0 Å². The molecule has 3 heteroatoms. The quantitative estimate of drug-likeness (QED) is 0.909. The van der Waals surface area contributed by atoms with E-state index in [1.807, 2.05) is 0 Å². The molecule has 1 N–H and O–H groups in total. The zero-order valence-corrected chi connectivity index (χ0v) is 12.5. The van der Waals surface area contributed by atoms with Crippen LogP contribution in [0.25, 0.3) is 11.3 Å². The Labute approximate surface area is 126 Å². The van der Waals surface area contributed by atoms with E-state index in [-0.39, 0.29) is 0 Å². The highest BCUT2D eigenvalue weighted by Gasteiger charge is 2.26. The van der Waals surface area contributed by atoms with Crippen LogP contribution >= 0.6 is 0 Å². The minimum Gasteiger partial charge on any atom is -0.312 e. The molecule has 21 heavy (non-hydrogen) atoms. The van der Waals surface area contributed by atoms with Crippen LogP contribution < -0.4 is 5.32 Å². The second kappa shape index (κ2) is 5.64. The molecule has 1 aliphatic heterocycles. The van der Waals surface area contributed by atoms with Crippen molar-refractivity contribution in [3.63, 3.8) is 0 Å². The molecule has 2 aromatic rings. The largest absolute Gasteiger partial charge is 0.312 e. The lowest BCUT2D eigenvalue weighted by molar-refractivity contribution is 0.320. The number of hydrogen-bond donors (Lipinski definition) is 1. The van der Waals surface area contributed by atoms with Gasteiger partial charge in [0.2, 0.25) is 0 Å². The summed E-state index contributed by atoms with van der Waals surface area (Å²) in [4.78, 5) is 0. The van der Waals surface area contributed by atoms with Gasteiger partial charge in [0.25, 0.3) is 0 Å². The Morgan fingerprint density at radius 3 is 2.67 bits per heavy atom. The maximum absolute atomic E-state index is 5.06. The van der Waals surface area contributed by atoms with Crippen LogP contribution in [0.3, 0.4) is 0 Å². The van der Waals surface area contributed by atoms with Gasteiger partial charge in [0.1, 0.15) is 0 Å². The Morgan fingerprint density at radius 2 is 1.86 bits per heavy atom. The van der Waals surface area contributed by atoms with Crippen LogP contribution in [0.2, 0.25) is 0 Å². The zero-order valence-electron chi connectivity index (χ0n) is 12.5. The fourth-order valence-electron chi connectivity index (χ4n) is 3.83. The van der Waals surface area contributed by atoms with Gasteiger partial charge in [0, 0.05) is 36.3 Å². The van der Waals surface area contributed by atoms with Gasteiger partial charge in [-0.25, -0.2) is 0 Å². The van der Waals surface area contributed by atoms with Crippen molar-refractivity contribution in [1.82, 2.24) is 15.1 Å². The molecule has 110 valence electrons. The van der Waals surface area contributed by atoms with Gasteiger partial charge in [-0.2, -0.15) is 5.10 Å². The van der Waals surface area contributed by atoms with Crippen LogP contribution in [0.1, 0.15) is 49.4 Å². The normalized spacial score (nSPS) is 19.4. The third-order valence-electron chi connectivity index (χ3n) is 4.93. The minimum atomic E-state index is 0.628. The van der Waals surface area contributed by atoms with Crippen molar-refractivity contribution in [2.45, 2.75) is 51.1 Å². The van der Waals surface area contributed by atoms with Crippen molar-refractivity contribution in [3.05, 3.63) is 41.6 Å². The zero-order chi connectivity index (χ0) is 14.1. The molecule has 0 bridgehead atoms. The van der Waals surface area contributed by atoms with Crippen molar-refractivity contribution < 1.29 is 0 Å². The number of nitrogens with zero attached hydrogens (tertiary/aromatic N) is 2. The van der Waals surface area contributed by atoms with Gasteiger partial charge in [-0.1, -0.05) is 49.6 Å². The Hall–Kier alpha value is -1.61. The second-order valence-electron chi connectivity index (χ2n) is 6.30. The Bertz CT molecular complexity index is 609. The van der Waals surface area contributed by atoms with Crippen LogP contribution in [-0.4, -0.2) is 16.3 Å². The molecule has 1 fully saturated rings. The first-order valence-corrected chi connectivity index (χ1v) is 8.30. The summed E-state index contributed by atoms with van der Waals surface area (Å²) in [5.74, 6) is 0. The van der Waals surface area contributed by atoms with Gasteiger partial charge in [-0.05, 0) is 12.8 Å². The maximum Gasteiger partial charge on any atom is 0.0971 e. The molecule has 0 spiro atoms. The number of benzene rings is 1. The summed E-state index contributed by atoms with van der Waals surface area (Å²) in [6.45, 7) is 2.05. The lowest BCUT2D eigenvalue weighted by atomic mass is 9.95. The predicted molar refractivity (Wildman–Crippen MR) is 85.2 cm³/mol. The van der Waals surface area contributed by atoms with E-state index in [2.05, 4.69) is 40.3 Å². The van der Waals surface area contributed by atoms with E-state index in [4.69, 9.17) is 5.10 Å². The Balaban J connectivity index is 1.79. The summed E-state index contributed by atoms with van der Waals surface area (Å²) in [5, 5.41) is 8.58. The summed E-state index contributed by atoms with van der Waals surface area (Å²) in [7, 11) is 0. The van der Waals surface area contributed by atoms with Gasteiger partial charge < -0.3 is 5.32 Å². The summed E-state index contributed by atoms with van der Waals surface area (Å²) < 4.78 is 2.39. The topological polar surface area (TPSA) is 29.9 Å². The third-order valence-corrected chi connectivity index (χ3v) is 4.93. The monoisotopic (exact) mass is 281 g/mol. The van der Waals surface area contributed by atoms with Crippen molar-refractivity contribution >= 4 is 0 Å². The Kier molecular flexibility index (Phi) is 3.52. The standard InChI is InChI=1S/C18H23N3/c1-3-7-14(8-4-1)18-16-13-19-12-11-17(16)21(20-18)15-9-5-2-6-10-15/h1,3-4,7-8,15,19H,2,5-6,9-13H2. The van der Waals surface area contributed by atoms with Gasteiger partial charge in [0.05, 0.1) is 11.7 Å². The Morgan fingerprint density at radius 1 is 1.05 bits per heavy atom. The smallest absolute Gasteiger partial charge is 0.0971 e. The average molecular weight is 281 g/mol. The molecule has 1 aromatic heterocycles. The summed E-state index contributed by atoms with van der Waals surface area (Å²) in [5.41, 5.74) is 5.37. The van der Waals surface area contributed by atoms with E-state index < -0.39 is 0 Å². The molecule has 0 unspecified atom stereocenters. The number of hydrogen-bond acceptors (Lipinski definition) is 2. The lowest BCUT2D eigenvalue weighted by Gasteiger charge is -2.25. The van der Waals surface area contributed by atoms with E-state index in [0.717, 1.165) is 19.5 Å². The van der Waals surface area contributed by atoms with Gasteiger partial charge >= 0.3 is 0 Å². The molecule has 2 aliphatic rings. The molecular weight excluding hydrogens is 258 g/mol. The number of fused-ring (bicyclic) bond motifs is 1. The summed E-state index contributed by atoms with van der Waals surface area (Å²) in [6, 6.07) is 11.3. The SMILES string of the molecule is c1ccc(-c2nn(C3CCCCC3)c3c2CNCC3)cc1. The van der Waals surface area contributed by atoms with Crippen molar-refractivity contribution in [2.75, 3.05) is 6.54 Å². The van der Waals surface area contributed by atoms with Gasteiger partial charge in [0.15, 0.2) is 0 Å². The molecule has 0 radical (unpaired) electrons. The molecule has 1 saturated carbocycles. The van der Waals surface area contributed by atoms with E-state index in [1.165, 1.54) is 54.6 Å². The van der Waals surface area contributed by atoms with E-state index in [9.17, 15) is 0 Å². The van der Waals surface area contributed by atoms with E-state index >= 15 is 0 Å². The second-order valence-corrected chi connectivity index (χ2v) is 6.30. The fraction of sp³-hybridized carbons (Fsp3) is 0.500. The van der Waals surface area contributed by atoms with Crippen molar-refractivity contribution in [2.24, 2.45) is 0 Å². The molecule has 0 amide bonds. The molecule has 4 rings (SSSR count). The molecule has 3 nitrogen and oxygen atoms in total. The highest BCUT2D eigenvalue weighted by Crippen LogP contribution is 2.34. The number of rotatable bonds is 2. The van der Waals surface area contributed by atoms with E-state index in [0.29, 0.717) is 6.04 Å². The van der Waals surface area contributed by atoms with Gasteiger partial charge in [-0.15, -0.1) is 0 Å². The highest BCUT2D eigenvalue weighted by molar-refractivity contribution is 5.64.